The SMILES string of the molecule is CCC(C)C1CC2CC(F)(F)CCC2C2CCC3CCCC3C12. The lowest BCUT2D eigenvalue weighted by molar-refractivity contribution is -0.134. The maximum absolute atomic E-state index is 14.0. The van der Waals surface area contributed by atoms with Crippen LogP contribution in [0.3, 0.4) is 0 Å². The molecule has 8 atom stereocenters. The fourth-order valence-electron chi connectivity index (χ4n) is 7.48. The summed E-state index contributed by atoms with van der Waals surface area (Å²) < 4.78 is 28.0. The highest BCUT2D eigenvalue weighted by atomic mass is 19.3. The highest BCUT2D eigenvalue weighted by molar-refractivity contribution is 5.03. The quantitative estimate of drug-likeness (QED) is 0.540. The van der Waals surface area contributed by atoms with Gasteiger partial charge >= 0.3 is 0 Å². The number of rotatable bonds is 2. The van der Waals surface area contributed by atoms with Crippen molar-refractivity contribution in [3.8, 4) is 0 Å². The van der Waals surface area contributed by atoms with Gasteiger partial charge in [-0.15, -0.1) is 0 Å². The molecular weight excluding hydrogens is 290 g/mol. The van der Waals surface area contributed by atoms with Crippen molar-refractivity contribution in [2.45, 2.75) is 84.0 Å². The monoisotopic (exact) mass is 324 g/mol. The van der Waals surface area contributed by atoms with Crippen LogP contribution in [0, 0.1) is 47.3 Å². The topological polar surface area (TPSA) is 0 Å². The first-order valence-corrected chi connectivity index (χ1v) is 10.4. The van der Waals surface area contributed by atoms with Gasteiger partial charge in [0.1, 0.15) is 0 Å². The average molecular weight is 324 g/mol. The van der Waals surface area contributed by atoms with Crippen LogP contribution in [0.2, 0.25) is 0 Å². The van der Waals surface area contributed by atoms with Crippen LogP contribution in [0.4, 0.5) is 8.78 Å². The van der Waals surface area contributed by atoms with E-state index in [1.165, 1.54) is 38.5 Å². The minimum atomic E-state index is -2.38. The molecule has 0 heterocycles. The summed E-state index contributed by atoms with van der Waals surface area (Å²) in [6, 6.07) is 0. The molecule has 0 bridgehead atoms. The summed E-state index contributed by atoms with van der Waals surface area (Å²) in [4.78, 5) is 0. The van der Waals surface area contributed by atoms with Crippen LogP contribution in [0.25, 0.3) is 0 Å². The Labute approximate surface area is 140 Å². The van der Waals surface area contributed by atoms with Gasteiger partial charge in [-0.25, -0.2) is 8.78 Å². The van der Waals surface area contributed by atoms with Gasteiger partial charge in [0.25, 0.3) is 0 Å². The Hall–Kier alpha value is -0.140. The van der Waals surface area contributed by atoms with Gasteiger partial charge in [0.2, 0.25) is 5.92 Å². The molecule has 2 heteroatoms. The van der Waals surface area contributed by atoms with Crippen LogP contribution in [0.1, 0.15) is 78.1 Å². The van der Waals surface area contributed by atoms with Gasteiger partial charge in [0.15, 0.2) is 0 Å². The molecule has 4 rings (SSSR count). The molecule has 4 aliphatic rings. The molecule has 4 fully saturated rings. The fraction of sp³-hybridized carbons (Fsp3) is 1.00. The van der Waals surface area contributed by atoms with Crippen molar-refractivity contribution < 1.29 is 8.78 Å². The van der Waals surface area contributed by atoms with E-state index >= 15 is 0 Å². The molecular formula is C21H34F2. The highest BCUT2D eigenvalue weighted by Gasteiger charge is 2.55. The predicted octanol–water partition coefficient (Wildman–Crippen LogP) is 6.55. The second-order valence-corrected chi connectivity index (χ2v) is 9.48. The summed E-state index contributed by atoms with van der Waals surface area (Å²) in [7, 11) is 0. The van der Waals surface area contributed by atoms with E-state index < -0.39 is 5.92 Å². The van der Waals surface area contributed by atoms with Gasteiger partial charge < -0.3 is 0 Å². The molecule has 0 amide bonds. The lowest BCUT2D eigenvalue weighted by Crippen LogP contribution is -2.51. The Morgan fingerprint density at radius 3 is 2.57 bits per heavy atom. The predicted molar refractivity (Wildman–Crippen MR) is 90.4 cm³/mol. The molecule has 0 aromatic rings. The minimum Gasteiger partial charge on any atom is -0.207 e. The van der Waals surface area contributed by atoms with Crippen molar-refractivity contribution in [2.24, 2.45) is 47.3 Å². The molecule has 0 nitrogen and oxygen atoms in total. The van der Waals surface area contributed by atoms with Crippen LogP contribution >= 0.6 is 0 Å². The zero-order valence-electron chi connectivity index (χ0n) is 14.9. The molecule has 4 saturated carbocycles. The van der Waals surface area contributed by atoms with E-state index in [1.807, 2.05) is 0 Å². The van der Waals surface area contributed by atoms with Gasteiger partial charge in [0.05, 0.1) is 0 Å². The maximum atomic E-state index is 14.0. The van der Waals surface area contributed by atoms with E-state index in [1.54, 1.807) is 0 Å². The molecule has 0 aromatic heterocycles. The van der Waals surface area contributed by atoms with Crippen molar-refractivity contribution in [3.63, 3.8) is 0 Å². The van der Waals surface area contributed by atoms with Crippen LogP contribution in [0.5, 0.6) is 0 Å². The zero-order chi connectivity index (χ0) is 16.2. The second-order valence-electron chi connectivity index (χ2n) is 9.48. The number of hydrogen-bond donors (Lipinski definition) is 0. The molecule has 0 aromatic carbocycles. The van der Waals surface area contributed by atoms with Gasteiger partial charge in [-0.05, 0) is 79.4 Å². The number of halogens is 2. The zero-order valence-corrected chi connectivity index (χ0v) is 14.9. The summed E-state index contributed by atoms with van der Waals surface area (Å²) in [5.41, 5.74) is 0. The van der Waals surface area contributed by atoms with E-state index in [-0.39, 0.29) is 12.8 Å². The van der Waals surface area contributed by atoms with Crippen LogP contribution < -0.4 is 0 Å². The van der Waals surface area contributed by atoms with E-state index in [2.05, 4.69) is 13.8 Å². The van der Waals surface area contributed by atoms with Gasteiger partial charge in [-0.3, -0.25) is 0 Å². The first-order valence-electron chi connectivity index (χ1n) is 10.4. The van der Waals surface area contributed by atoms with Gasteiger partial charge in [-0.2, -0.15) is 0 Å². The highest BCUT2D eigenvalue weighted by Crippen LogP contribution is 2.62. The molecule has 0 spiro atoms. The van der Waals surface area contributed by atoms with Crippen molar-refractivity contribution in [1.29, 1.82) is 0 Å². The van der Waals surface area contributed by atoms with Gasteiger partial charge in [0, 0.05) is 12.8 Å². The summed E-state index contributed by atoms with van der Waals surface area (Å²) in [5, 5.41) is 0. The van der Waals surface area contributed by atoms with Crippen LogP contribution in [-0.4, -0.2) is 5.92 Å². The van der Waals surface area contributed by atoms with E-state index in [0.29, 0.717) is 11.8 Å². The lowest BCUT2D eigenvalue weighted by atomic mass is 9.48. The largest absolute Gasteiger partial charge is 0.248 e. The molecule has 0 radical (unpaired) electrons. The van der Waals surface area contributed by atoms with Crippen molar-refractivity contribution >= 4 is 0 Å². The molecule has 0 aliphatic heterocycles. The lowest BCUT2D eigenvalue weighted by Gasteiger charge is -2.57. The smallest absolute Gasteiger partial charge is 0.207 e. The van der Waals surface area contributed by atoms with Crippen molar-refractivity contribution in [2.75, 3.05) is 0 Å². The Morgan fingerprint density at radius 1 is 0.957 bits per heavy atom. The third kappa shape index (κ3) is 2.76. The van der Waals surface area contributed by atoms with E-state index in [4.69, 9.17) is 0 Å². The Morgan fingerprint density at radius 2 is 1.78 bits per heavy atom. The molecule has 0 saturated heterocycles. The molecule has 23 heavy (non-hydrogen) atoms. The fourth-order valence-corrected chi connectivity index (χ4v) is 7.48. The van der Waals surface area contributed by atoms with Gasteiger partial charge in [-0.1, -0.05) is 33.1 Å². The third-order valence-electron chi connectivity index (χ3n) is 8.58. The normalized spacial score (nSPS) is 49.8. The minimum absolute atomic E-state index is 0.166. The second kappa shape index (κ2) is 5.99. The van der Waals surface area contributed by atoms with Crippen LogP contribution in [0.15, 0.2) is 0 Å². The number of alkyl halides is 2. The Bertz CT molecular complexity index is 430. The molecule has 132 valence electrons. The first-order chi connectivity index (χ1) is 11.0. The molecule has 0 N–H and O–H groups in total. The number of hydrogen-bond acceptors (Lipinski definition) is 0. The molecule has 4 aliphatic carbocycles. The standard InChI is InChI=1S/C21H34F2/c1-3-13(2)19-11-15-12-21(22,23)10-9-16(15)18-8-7-14-5-4-6-17(14)20(18)19/h13-20H,3-12H2,1-2H3. The third-order valence-corrected chi connectivity index (χ3v) is 8.58. The van der Waals surface area contributed by atoms with Crippen molar-refractivity contribution in [1.82, 2.24) is 0 Å². The Kier molecular flexibility index (Phi) is 4.25. The van der Waals surface area contributed by atoms with Crippen molar-refractivity contribution in [3.05, 3.63) is 0 Å². The average Bonchev–Trinajstić information content (AvgIpc) is 3.00. The summed E-state index contributed by atoms with van der Waals surface area (Å²) >= 11 is 0. The Balaban J connectivity index is 1.63. The summed E-state index contributed by atoms with van der Waals surface area (Å²) in [5.74, 6) is 3.59. The summed E-state index contributed by atoms with van der Waals surface area (Å²) in [6.45, 7) is 4.71. The van der Waals surface area contributed by atoms with E-state index in [0.717, 1.165) is 48.3 Å². The number of fused-ring (bicyclic) bond motifs is 5. The van der Waals surface area contributed by atoms with Crippen LogP contribution in [-0.2, 0) is 0 Å². The molecule has 8 unspecified atom stereocenters. The van der Waals surface area contributed by atoms with E-state index in [9.17, 15) is 8.78 Å². The first kappa shape index (κ1) is 16.3. The maximum Gasteiger partial charge on any atom is 0.248 e. The summed E-state index contributed by atoms with van der Waals surface area (Å²) in [6.07, 6.45) is 10.6.